The third-order valence-corrected chi connectivity index (χ3v) is 3.68. The number of para-hydroxylation sites is 2. The van der Waals surface area contributed by atoms with E-state index in [0.717, 1.165) is 0 Å². The van der Waals surface area contributed by atoms with Gasteiger partial charge in [-0.15, -0.1) is 0 Å². The average Bonchev–Trinajstić information content (AvgIpc) is 2.61. The van der Waals surface area contributed by atoms with E-state index in [1.165, 1.54) is 23.1 Å². The third-order valence-electron chi connectivity index (χ3n) is 3.68. The zero-order valence-corrected chi connectivity index (χ0v) is 12.0. The summed E-state index contributed by atoms with van der Waals surface area (Å²) in [4.78, 5) is 26.2. The highest BCUT2D eigenvalue weighted by molar-refractivity contribution is 6.11. The zero-order chi connectivity index (χ0) is 15.7. The predicted molar refractivity (Wildman–Crippen MR) is 82.4 cm³/mol. The van der Waals surface area contributed by atoms with Gasteiger partial charge in [-0.3, -0.25) is 9.59 Å². The summed E-state index contributed by atoms with van der Waals surface area (Å²) in [6.07, 6.45) is 0.162. The molecule has 0 spiro atoms. The average molecular weight is 298 g/mol. The molecular weight excluding hydrogens is 283 g/mol. The Morgan fingerprint density at radius 3 is 2.64 bits per heavy atom. The fraction of sp³-hybridized carbons (Fsp3) is 0.176. The van der Waals surface area contributed by atoms with Gasteiger partial charge >= 0.3 is 0 Å². The van der Waals surface area contributed by atoms with Crippen LogP contribution in [0.5, 0.6) is 0 Å². The number of anilines is 2. The Morgan fingerprint density at radius 1 is 1.18 bits per heavy atom. The van der Waals surface area contributed by atoms with E-state index in [-0.39, 0.29) is 23.9 Å². The van der Waals surface area contributed by atoms with E-state index < -0.39 is 11.7 Å². The summed E-state index contributed by atoms with van der Waals surface area (Å²) in [6, 6.07) is 12.5. The van der Waals surface area contributed by atoms with Crippen LogP contribution >= 0.6 is 0 Å². The molecule has 0 aromatic heterocycles. The fourth-order valence-electron chi connectivity index (χ4n) is 2.66. The van der Waals surface area contributed by atoms with E-state index in [1.54, 1.807) is 37.3 Å². The first-order valence-electron chi connectivity index (χ1n) is 7.05. The molecule has 112 valence electrons. The van der Waals surface area contributed by atoms with Crippen molar-refractivity contribution in [2.24, 2.45) is 0 Å². The van der Waals surface area contributed by atoms with Gasteiger partial charge in [-0.05, 0) is 31.2 Å². The Hall–Kier alpha value is -2.69. The predicted octanol–water partition coefficient (Wildman–Crippen LogP) is 3.20. The molecule has 1 aliphatic heterocycles. The van der Waals surface area contributed by atoms with E-state index in [1.807, 2.05) is 0 Å². The molecule has 1 heterocycles. The third kappa shape index (κ3) is 2.45. The summed E-state index contributed by atoms with van der Waals surface area (Å²) in [7, 11) is 0. The number of hydrogen-bond donors (Lipinski definition) is 1. The molecule has 1 aliphatic rings. The van der Waals surface area contributed by atoms with E-state index >= 15 is 0 Å². The fourth-order valence-corrected chi connectivity index (χ4v) is 2.66. The number of carbonyl (C=O) groups is 2. The quantitative estimate of drug-likeness (QED) is 0.879. The van der Waals surface area contributed by atoms with Crippen molar-refractivity contribution in [1.82, 2.24) is 0 Å². The van der Waals surface area contributed by atoms with Crippen LogP contribution in [0.2, 0.25) is 0 Å². The van der Waals surface area contributed by atoms with Crippen molar-refractivity contribution >= 4 is 23.2 Å². The number of nitrogens with one attached hydrogen (secondary N) is 1. The lowest BCUT2D eigenvalue weighted by molar-refractivity contribution is -0.116. The molecule has 1 N–H and O–H groups in total. The Labute approximate surface area is 127 Å². The lowest BCUT2D eigenvalue weighted by Crippen LogP contribution is -2.39. The second-order valence-electron chi connectivity index (χ2n) is 5.27. The van der Waals surface area contributed by atoms with Gasteiger partial charge in [0.2, 0.25) is 5.91 Å². The van der Waals surface area contributed by atoms with Crippen LogP contribution in [0.4, 0.5) is 15.8 Å². The van der Waals surface area contributed by atoms with Crippen molar-refractivity contribution in [2.75, 3.05) is 10.2 Å². The minimum absolute atomic E-state index is 0.00139. The Morgan fingerprint density at radius 2 is 1.86 bits per heavy atom. The number of fused-ring (bicyclic) bond motifs is 1. The number of benzene rings is 2. The van der Waals surface area contributed by atoms with E-state index in [0.29, 0.717) is 11.4 Å². The summed E-state index contributed by atoms with van der Waals surface area (Å²) in [6.45, 7) is 1.78. The van der Waals surface area contributed by atoms with Crippen LogP contribution in [0.3, 0.4) is 0 Å². The molecule has 2 amide bonds. The van der Waals surface area contributed by atoms with Gasteiger partial charge in [0.1, 0.15) is 5.82 Å². The summed E-state index contributed by atoms with van der Waals surface area (Å²) in [5.74, 6) is -1.18. The highest BCUT2D eigenvalue weighted by Gasteiger charge is 2.31. The van der Waals surface area contributed by atoms with Crippen LogP contribution < -0.4 is 10.2 Å². The Balaban J connectivity index is 2.10. The molecule has 0 aliphatic carbocycles. The molecule has 2 aromatic carbocycles. The van der Waals surface area contributed by atoms with Gasteiger partial charge < -0.3 is 10.2 Å². The van der Waals surface area contributed by atoms with Crippen molar-refractivity contribution in [3.05, 3.63) is 59.9 Å². The molecule has 5 heteroatoms. The highest BCUT2D eigenvalue weighted by Crippen LogP contribution is 2.32. The monoisotopic (exact) mass is 298 g/mol. The normalized spacial score (nSPS) is 17.5. The maximum Gasteiger partial charge on any atom is 0.261 e. The molecule has 22 heavy (non-hydrogen) atoms. The van der Waals surface area contributed by atoms with Crippen LogP contribution in [0, 0.1) is 5.82 Å². The Bertz CT molecular complexity index is 745. The van der Waals surface area contributed by atoms with Gasteiger partial charge in [0.15, 0.2) is 0 Å². The van der Waals surface area contributed by atoms with E-state index in [4.69, 9.17) is 0 Å². The van der Waals surface area contributed by atoms with Gasteiger partial charge in [-0.1, -0.05) is 24.3 Å². The van der Waals surface area contributed by atoms with Crippen LogP contribution in [0.1, 0.15) is 23.7 Å². The zero-order valence-electron chi connectivity index (χ0n) is 12.0. The maximum absolute atomic E-state index is 13.9. The molecule has 0 fully saturated rings. The number of carbonyl (C=O) groups excluding carboxylic acids is 2. The van der Waals surface area contributed by atoms with Gasteiger partial charge in [0, 0.05) is 12.5 Å². The van der Waals surface area contributed by atoms with E-state index in [9.17, 15) is 14.0 Å². The van der Waals surface area contributed by atoms with Crippen molar-refractivity contribution in [2.45, 2.75) is 19.4 Å². The van der Waals surface area contributed by atoms with Crippen LogP contribution in [0.15, 0.2) is 48.5 Å². The lowest BCUT2D eigenvalue weighted by atomic mass is 10.1. The molecule has 0 radical (unpaired) electrons. The van der Waals surface area contributed by atoms with Gasteiger partial charge in [0.05, 0.1) is 16.9 Å². The largest absolute Gasteiger partial charge is 0.324 e. The first-order valence-corrected chi connectivity index (χ1v) is 7.05. The summed E-state index contributed by atoms with van der Waals surface area (Å²) in [5, 5.41) is 2.78. The van der Waals surface area contributed by atoms with Gasteiger partial charge in [-0.25, -0.2) is 4.39 Å². The SMILES string of the molecule is C[C@@H]1CC(=O)Nc2ccccc2N1C(=O)c1ccccc1F. The summed E-state index contributed by atoms with van der Waals surface area (Å²) >= 11 is 0. The molecule has 3 rings (SSSR count). The number of amides is 2. The molecule has 0 saturated heterocycles. The number of rotatable bonds is 1. The van der Waals surface area contributed by atoms with Crippen molar-refractivity contribution in [1.29, 1.82) is 0 Å². The second-order valence-corrected chi connectivity index (χ2v) is 5.27. The standard InChI is InChI=1S/C17H15FN2O2/c1-11-10-16(21)19-14-8-4-5-9-15(14)20(11)17(22)12-6-2-3-7-13(12)18/h2-9,11H,10H2,1H3,(H,19,21)/t11-/m1/s1. The number of hydrogen-bond acceptors (Lipinski definition) is 2. The Kier molecular flexibility index (Phi) is 3.63. The molecule has 2 aromatic rings. The minimum atomic E-state index is -0.569. The topological polar surface area (TPSA) is 49.4 Å². The lowest BCUT2D eigenvalue weighted by Gasteiger charge is -2.28. The number of halogens is 1. The minimum Gasteiger partial charge on any atom is -0.324 e. The first kappa shape index (κ1) is 14.3. The van der Waals surface area contributed by atoms with Crippen LogP contribution in [-0.2, 0) is 4.79 Å². The first-order chi connectivity index (χ1) is 10.6. The van der Waals surface area contributed by atoms with Crippen LogP contribution in [0.25, 0.3) is 0 Å². The molecular formula is C17H15FN2O2. The number of nitrogens with zero attached hydrogens (tertiary/aromatic N) is 1. The molecule has 0 unspecified atom stereocenters. The van der Waals surface area contributed by atoms with Crippen molar-refractivity contribution in [3.63, 3.8) is 0 Å². The van der Waals surface area contributed by atoms with Gasteiger partial charge in [-0.2, -0.15) is 0 Å². The summed E-state index contributed by atoms with van der Waals surface area (Å²) in [5.41, 5.74) is 1.13. The molecule has 0 saturated carbocycles. The second kappa shape index (κ2) is 5.60. The van der Waals surface area contributed by atoms with Crippen LogP contribution in [-0.4, -0.2) is 17.9 Å². The molecule has 1 atom stereocenters. The highest BCUT2D eigenvalue weighted by atomic mass is 19.1. The van der Waals surface area contributed by atoms with Gasteiger partial charge in [0.25, 0.3) is 5.91 Å². The van der Waals surface area contributed by atoms with E-state index in [2.05, 4.69) is 5.32 Å². The smallest absolute Gasteiger partial charge is 0.261 e. The molecule has 0 bridgehead atoms. The van der Waals surface area contributed by atoms with Crippen molar-refractivity contribution in [3.8, 4) is 0 Å². The molecule has 4 nitrogen and oxygen atoms in total. The van der Waals surface area contributed by atoms with Crippen molar-refractivity contribution < 1.29 is 14.0 Å². The maximum atomic E-state index is 13.9. The summed E-state index contributed by atoms with van der Waals surface area (Å²) < 4.78 is 13.9.